The van der Waals surface area contributed by atoms with Crippen LogP contribution < -0.4 is 9.47 Å². The second kappa shape index (κ2) is 5.01. The summed E-state index contributed by atoms with van der Waals surface area (Å²) < 4.78 is 10.9. The van der Waals surface area contributed by atoms with E-state index in [9.17, 15) is 15.0 Å². The highest BCUT2D eigenvalue weighted by Crippen LogP contribution is 2.43. The molecule has 2 N–H and O–H groups in total. The van der Waals surface area contributed by atoms with Gasteiger partial charge in [-0.25, -0.2) is 0 Å². The van der Waals surface area contributed by atoms with Gasteiger partial charge in [-0.2, -0.15) is 0 Å². The third-order valence-electron chi connectivity index (χ3n) is 3.47. The third-order valence-corrected chi connectivity index (χ3v) is 3.47. The molecule has 0 aromatic heterocycles. The molecule has 21 heavy (non-hydrogen) atoms. The van der Waals surface area contributed by atoms with Gasteiger partial charge in [0.2, 0.25) is 0 Å². The van der Waals surface area contributed by atoms with Crippen molar-refractivity contribution in [3.05, 3.63) is 47.5 Å². The van der Waals surface area contributed by atoms with E-state index in [4.69, 9.17) is 9.47 Å². The van der Waals surface area contributed by atoms with E-state index in [1.807, 2.05) is 0 Å². The second-order valence-corrected chi connectivity index (χ2v) is 4.81. The van der Waals surface area contributed by atoms with E-state index >= 15 is 0 Å². The largest absolute Gasteiger partial charge is 0.508 e. The van der Waals surface area contributed by atoms with Crippen molar-refractivity contribution in [2.45, 2.75) is 12.5 Å². The monoisotopic (exact) mass is 286 g/mol. The molecule has 5 heteroatoms. The Morgan fingerprint density at radius 1 is 1.24 bits per heavy atom. The molecule has 108 valence electrons. The Balaban J connectivity index is 2.05. The lowest BCUT2D eigenvalue weighted by Crippen LogP contribution is -2.21. The van der Waals surface area contributed by atoms with Crippen LogP contribution in [0.1, 0.15) is 28.4 Å². The molecule has 2 aromatic rings. The maximum Gasteiger partial charge on any atom is 0.174 e. The summed E-state index contributed by atoms with van der Waals surface area (Å²) in [4.78, 5) is 12.3. The van der Waals surface area contributed by atoms with Crippen molar-refractivity contribution in [1.82, 2.24) is 0 Å². The number of aromatic hydroxyl groups is 2. The number of carbonyl (C=O) groups is 1. The summed E-state index contributed by atoms with van der Waals surface area (Å²) in [5.74, 6) is 0.422. The number of fused-ring (bicyclic) bond motifs is 1. The fourth-order valence-electron chi connectivity index (χ4n) is 2.50. The molecule has 0 saturated heterocycles. The van der Waals surface area contributed by atoms with Crippen molar-refractivity contribution in [1.29, 1.82) is 0 Å². The highest BCUT2D eigenvalue weighted by molar-refractivity contribution is 6.02. The molecule has 0 aliphatic carbocycles. The molecule has 1 aliphatic heterocycles. The quantitative estimate of drug-likeness (QED) is 0.887. The van der Waals surface area contributed by atoms with Gasteiger partial charge < -0.3 is 19.7 Å². The molecule has 0 amide bonds. The van der Waals surface area contributed by atoms with Crippen LogP contribution in [-0.2, 0) is 0 Å². The number of phenolic OH excluding ortho intramolecular Hbond substituents is 2. The van der Waals surface area contributed by atoms with Gasteiger partial charge in [0, 0.05) is 17.7 Å². The number of ketones is 1. The molecular formula is C16H14O5. The zero-order valence-corrected chi connectivity index (χ0v) is 11.4. The zero-order chi connectivity index (χ0) is 15.0. The van der Waals surface area contributed by atoms with Crippen LogP contribution in [0, 0.1) is 0 Å². The van der Waals surface area contributed by atoms with Gasteiger partial charge in [0.1, 0.15) is 34.7 Å². The van der Waals surface area contributed by atoms with Gasteiger partial charge in [0.25, 0.3) is 0 Å². The summed E-state index contributed by atoms with van der Waals surface area (Å²) >= 11 is 0. The number of para-hydroxylation sites is 1. The number of hydrogen-bond donors (Lipinski definition) is 2. The van der Waals surface area contributed by atoms with Crippen molar-refractivity contribution in [3.63, 3.8) is 0 Å². The standard InChI is InChI=1S/C16H14O5/c1-20-14-6-9(17)7-15-16(14)12(19)8-13(21-15)10-4-2-3-5-11(10)18/h2-7,13,17-18H,8H2,1H3/t13-/m0/s1. The van der Waals surface area contributed by atoms with Gasteiger partial charge >= 0.3 is 0 Å². The van der Waals surface area contributed by atoms with Gasteiger partial charge in [0.05, 0.1) is 13.5 Å². The molecule has 3 rings (SSSR count). The van der Waals surface area contributed by atoms with E-state index in [0.717, 1.165) is 0 Å². The van der Waals surface area contributed by atoms with E-state index in [2.05, 4.69) is 0 Å². The van der Waals surface area contributed by atoms with Crippen LogP contribution >= 0.6 is 0 Å². The average Bonchev–Trinajstić information content (AvgIpc) is 2.46. The van der Waals surface area contributed by atoms with Gasteiger partial charge in [-0.1, -0.05) is 18.2 Å². The molecule has 0 unspecified atom stereocenters. The van der Waals surface area contributed by atoms with Crippen molar-refractivity contribution >= 4 is 5.78 Å². The highest BCUT2D eigenvalue weighted by Gasteiger charge is 2.32. The average molecular weight is 286 g/mol. The predicted molar refractivity (Wildman–Crippen MR) is 75.1 cm³/mol. The number of carbonyl (C=O) groups excluding carboxylic acids is 1. The van der Waals surface area contributed by atoms with Crippen LogP contribution in [-0.4, -0.2) is 23.1 Å². The number of ether oxygens (including phenoxy) is 2. The van der Waals surface area contributed by atoms with Crippen LogP contribution in [0.3, 0.4) is 0 Å². The SMILES string of the molecule is COc1cc(O)cc2c1C(=O)C[C@@H](c1ccccc1O)O2. The first-order chi connectivity index (χ1) is 10.1. The molecule has 0 saturated carbocycles. The first-order valence-corrected chi connectivity index (χ1v) is 6.49. The van der Waals surface area contributed by atoms with Crippen LogP contribution in [0.2, 0.25) is 0 Å². The summed E-state index contributed by atoms with van der Waals surface area (Å²) in [6.07, 6.45) is -0.483. The van der Waals surface area contributed by atoms with Crippen molar-refractivity contribution in [2.24, 2.45) is 0 Å². The summed E-state index contributed by atoms with van der Waals surface area (Å²) in [6, 6.07) is 9.47. The lowest BCUT2D eigenvalue weighted by molar-refractivity contribution is 0.0841. The van der Waals surface area contributed by atoms with Gasteiger partial charge in [-0.05, 0) is 6.07 Å². The Bertz CT molecular complexity index is 708. The Morgan fingerprint density at radius 3 is 2.71 bits per heavy atom. The van der Waals surface area contributed by atoms with Gasteiger partial charge in [-0.3, -0.25) is 4.79 Å². The lowest BCUT2D eigenvalue weighted by atomic mass is 9.95. The predicted octanol–water partition coefficient (Wildman–Crippen LogP) is 2.81. The number of phenols is 2. The number of rotatable bonds is 2. The maximum absolute atomic E-state index is 12.3. The van der Waals surface area contributed by atoms with E-state index in [1.165, 1.54) is 19.2 Å². The number of Topliss-reactive ketones (excluding diaryl/α,β-unsaturated/α-hetero) is 1. The molecule has 0 bridgehead atoms. The Hall–Kier alpha value is -2.69. The van der Waals surface area contributed by atoms with Gasteiger partial charge in [-0.15, -0.1) is 0 Å². The summed E-state index contributed by atoms with van der Waals surface area (Å²) in [7, 11) is 1.43. The van der Waals surface area contributed by atoms with Crippen molar-refractivity contribution in [2.75, 3.05) is 7.11 Å². The van der Waals surface area contributed by atoms with Crippen LogP contribution in [0.25, 0.3) is 0 Å². The Kier molecular flexibility index (Phi) is 3.17. The summed E-state index contributed by atoms with van der Waals surface area (Å²) in [5, 5.41) is 19.6. The minimum absolute atomic E-state index is 0.0451. The molecule has 0 radical (unpaired) electrons. The van der Waals surface area contributed by atoms with Gasteiger partial charge in [0.15, 0.2) is 5.78 Å². The van der Waals surface area contributed by atoms with Crippen molar-refractivity contribution in [3.8, 4) is 23.0 Å². The first kappa shape index (κ1) is 13.3. The fraction of sp³-hybridized carbons (Fsp3) is 0.188. The molecule has 0 fully saturated rings. The lowest BCUT2D eigenvalue weighted by Gasteiger charge is -2.27. The van der Waals surface area contributed by atoms with Crippen molar-refractivity contribution < 1.29 is 24.5 Å². The summed E-state index contributed by atoms with van der Waals surface area (Å²) in [5.41, 5.74) is 0.862. The van der Waals surface area contributed by atoms with E-state index in [1.54, 1.807) is 24.3 Å². The van der Waals surface area contributed by atoms with E-state index in [-0.39, 0.29) is 35.2 Å². The molecule has 5 nitrogen and oxygen atoms in total. The minimum Gasteiger partial charge on any atom is -0.508 e. The molecule has 0 spiro atoms. The number of methoxy groups -OCH3 is 1. The smallest absolute Gasteiger partial charge is 0.174 e. The maximum atomic E-state index is 12.3. The highest BCUT2D eigenvalue weighted by atomic mass is 16.5. The topological polar surface area (TPSA) is 76.0 Å². The molecule has 1 heterocycles. The van der Waals surface area contributed by atoms with Crippen LogP contribution in [0.15, 0.2) is 36.4 Å². The molecule has 1 atom stereocenters. The Labute approximate surface area is 121 Å². The molecule has 2 aromatic carbocycles. The van der Waals surface area contributed by atoms with E-state index in [0.29, 0.717) is 11.1 Å². The fourth-order valence-corrected chi connectivity index (χ4v) is 2.50. The van der Waals surface area contributed by atoms with Crippen LogP contribution in [0.5, 0.6) is 23.0 Å². The summed E-state index contributed by atoms with van der Waals surface area (Å²) in [6.45, 7) is 0. The molecular weight excluding hydrogens is 272 g/mol. The Morgan fingerprint density at radius 2 is 2.00 bits per heavy atom. The zero-order valence-electron chi connectivity index (χ0n) is 11.4. The molecule has 1 aliphatic rings. The van der Waals surface area contributed by atoms with E-state index < -0.39 is 6.10 Å². The first-order valence-electron chi connectivity index (χ1n) is 6.49. The minimum atomic E-state index is -0.585. The number of hydrogen-bond acceptors (Lipinski definition) is 5. The number of benzene rings is 2. The third kappa shape index (κ3) is 2.27. The second-order valence-electron chi connectivity index (χ2n) is 4.81. The normalized spacial score (nSPS) is 17.0. The van der Waals surface area contributed by atoms with Crippen LogP contribution in [0.4, 0.5) is 0 Å².